The number of aromatic nitrogens is 3. The van der Waals surface area contributed by atoms with Gasteiger partial charge in [0.25, 0.3) is 0 Å². The summed E-state index contributed by atoms with van der Waals surface area (Å²) in [4.78, 5) is 27.3. The average molecular weight is 576 g/mol. The molecule has 0 saturated carbocycles. The lowest BCUT2D eigenvalue weighted by Gasteiger charge is -2.31. The third-order valence-corrected chi connectivity index (χ3v) is 6.29. The predicted molar refractivity (Wildman–Crippen MR) is 121 cm³/mol. The first-order chi connectivity index (χ1) is 17.6. The van der Waals surface area contributed by atoms with Crippen molar-refractivity contribution in [2.24, 2.45) is 12.5 Å². The topological polar surface area (TPSA) is 121 Å². The van der Waals surface area contributed by atoms with E-state index >= 15 is 0 Å². The van der Waals surface area contributed by atoms with Crippen LogP contribution in [-0.4, -0.2) is 98.5 Å². The lowest BCUT2D eigenvalue weighted by atomic mass is 9.87. The number of carboxylic acids is 2. The molecule has 2 aliphatic heterocycles. The first kappa shape index (κ1) is 31.5. The number of halogens is 6. The van der Waals surface area contributed by atoms with Gasteiger partial charge in [-0.25, -0.2) is 14.6 Å². The second kappa shape index (κ2) is 13.3. The molecular weight excluding hydrogens is 548 g/mol. The van der Waals surface area contributed by atoms with Gasteiger partial charge in [-0.05, 0) is 13.0 Å². The summed E-state index contributed by atoms with van der Waals surface area (Å²) in [6.45, 7) is 8.01. The summed E-state index contributed by atoms with van der Waals surface area (Å²) in [5.41, 5.74) is 1.54. The summed E-state index contributed by atoms with van der Waals surface area (Å²) in [7, 11) is 1.98. The van der Waals surface area contributed by atoms with Crippen molar-refractivity contribution in [2.75, 3.05) is 39.4 Å². The number of thiazole rings is 1. The number of hydrogen-bond donors (Lipinski definition) is 2. The second-order valence-electron chi connectivity index (χ2n) is 8.78. The van der Waals surface area contributed by atoms with Crippen molar-refractivity contribution >= 4 is 23.3 Å². The molecule has 2 fully saturated rings. The highest BCUT2D eigenvalue weighted by molar-refractivity contribution is 7.09. The van der Waals surface area contributed by atoms with Gasteiger partial charge in [-0.3, -0.25) is 14.5 Å². The molecule has 0 aromatic carbocycles. The average Bonchev–Trinajstić information content (AvgIpc) is 3.51. The normalized spacial score (nSPS) is 20.7. The van der Waals surface area contributed by atoms with Crippen LogP contribution in [0.4, 0.5) is 26.3 Å². The van der Waals surface area contributed by atoms with E-state index in [2.05, 4.69) is 31.5 Å². The van der Waals surface area contributed by atoms with Crippen LogP contribution >= 0.6 is 11.3 Å². The highest BCUT2D eigenvalue weighted by Gasteiger charge is 2.41. The van der Waals surface area contributed by atoms with Crippen molar-refractivity contribution in [3.63, 3.8) is 0 Å². The molecule has 10 nitrogen and oxygen atoms in total. The Morgan fingerprint density at radius 1 is 1.05 bits per heavy atom. The van der Waals surface area contributed by atoms with Crippen LogP contribution in [-0.2, 0) is 34.5 Å². The van der Waals surface area contributed by atoms with Crippen molar-refractivity contribution in [1.82, 2.24) is 24.6 Å². The molecule has 0 aliphatic carbocycles. The Kier molecular flexibility index (Phi) is 11.0. The zero-order valence-corrected chi connectivity index (χ0v) is 21.0. The standard InChI is InChI=1S/C17H25N5OS.2C2HF3O2/c1-20-9-15(8-19-20)10-22-5-6-23-14-17(13-22)2-4-21(12-17)11-16-18-3-7-24-16;2*3-2(4,5)1(6)7/h3,7-9H,2,4-6,10-14H2,1H3;2*(H,6,7). The minimum absolute atomic E-state index is 0.260. The van der Waals surface area contributed by atoms with E-state index in [0.29, 0.717) is 0 Å². The van der Waals surface area contributed by atoms with Crippen LogP contribution in [0.2, 0.25) is 0 Å². The summed E-state index contributed by atoms with van der Waals surface area (Å²) in [6.07, 6.45) is -2.97. The SMILES string of the molecule is Cn1cc(CN2CCOCC3(CCN(Cc4nccs4)C3)C2)cn1.O=C(O)C(F)(F)F.O=C(O)C(F)(F)F. The maximum Gasteiger partial charge on any atom is 0.490 e. The monoisotopic (exact) mass is 575 g/mol. The third kappa shape index (κ3) is 10.5. The van der Waals surface area contributed by atoms with Gasteiger partial charge in [-0.1, -0.05) is 0 Å². The molecule has 2 aliphatic rings. The van der Waals surface area contributed by atoms with Crippen molar-refractivity contribution < 1.29 is 50.9 Å². The van der Waals surface area contributed by atoms with Gasteiger partial charge < -0.3 is 14.9 Å². The van der Waals surface area contributed by atoms with Gasteiger partial charge in [0.1, 0.15) is 5.01 Å². The van der Waals surface area contributed by atoms with Gasteiger partial charge in [0.2, 0.25) is 0 Å². The third-order valence-electron chi connectivity index (χ3n) is 5.53. The molecule has 4 heterocycles. The first-order valence-electron chi connectivity index (χ1n) is 11.1. The molecule has 17 heteroatoms. The van der Waals surface area contributed by atoms with Crippen molar-refractivity contribution in [1.29, 1.82) is 0 Å². The maximum atomic E-state index is 10.6. The second-order valence-corrected chi connectivity index (χ2v) is 9.76. The zero-order valence-electron chi connectivity index (χ0n) is 20.2. The van der Waals surface area contributed by atoms with Gasteiger partial charge in [0, 0.05) is 62.0 Å². The number of aliphatic carboxylic acids is 2. The van der Waals surface area contributed by atoms with Crippen LogP contribution in [0.1, 0.15) is 17.0 Å². The molecule has 4 rings (SSSR count). The zero-order chi connectivity index (χ0) is 28.6. The minimum atomic E-state index is -5.08. The van der Waals surface area contributed by atoms with E-state index in [4.69, 9.17) is 24.5 Å². The predicted octanol–water partition coefficient (Wildman–Crippen LogP) is 2.87. The van der Waals surface area contributed by atoms with Crippen molar-refractivity contribution in [3.8, 4) is 0 Å². The Balaban J connectivity index is 0.000000301. The van der Waals surface area contributed by atoms with E-state index in [-0.39, 0.29) is 5.41 Å². The Hall–Kier alpha value is -2.76. The highest BCUT2D eigenvalue weighted by Crippen LogP contribution is 2.34. The molecule has 2 aromatic rings. The minimum Gasteiger partial charge on any atom is -0.475 e. The Morgan fingerprint density at radius 2 is 1.63 bits per heavy atom. The molecule has 214 valence electrons. The quantitative estimate of drug-likeness (QED) is 0.531. The molecule has 2 aromatic heterocycles. The molecule has 1 atom stereocenters. The van der Waals surface area contributed by atoms with E-state index in [9.17, 15) is 26.3 Å². The van der Waals surface area contributed by atoms with Gasteiger partial charge >= 0.3 is 24.3 Å². The molecule has 0 bridgehead atoms. The van der Waals surface area contributed by atoms with Crippen molar-refractivity contribution in [3.05, 3.63) is 34.5 Å². The number of ether oxygens (including phenoxy) is 1. The number of nitrogens with zero attached hydrogens (tertiary/aromatic N) is 5. The lowest BCUT2D eigenvalue weighted by molar-refractivity contribution is -0.193. The van der Waals surface area contributed by atoms with Crippen LogP contribution in [0.25, 0.3) is 0 Å². The summed E-state index contributed by atoms with van der Waals surface area (Å²) in [5, 5.41) is 21.8. The summed E-state index contributed by atoms with van der Waals surface area (Å²) in [6, 6.07) is 0. The molecule has 0 radical (unpaired) electrons. The van der Waals surface area contributed by atoms with Gasteiger partial charge in [-0.15, -0.1) is 11.3 Å². The number of carbonyl (C=O) groups is 2. The lowest BCUT2D eigenvalue weighted by Crippen LogP contribution is -2.40. The Labute approximate surface area is 217 Å². The largest absolute Gasteiger partial charge is 0.490 e. The molecular formula is C21H27F6N5O5S. The fraction of sp³-hybridized carbons (Fsp3) is 0.619. The number of carboxylic acid groups (broad SMARTS) is 2. The summed E-state index contributed by atoms with van der Waals surface area (Å²) in [5.74, 6) is -5.51. The Bertz CT molecular complexity index is 1010. The Morgan fingerprint density at radius 3 is 2.11 bits per heavy atom. The van der Waals surface area contributed by atoms with Crippen molar-refractivity contribution in [2.45, 2.75) is 31.9 Å². The summed E-state index contributed by atoms with van der Waals surface area (Å²) >= 11 is 1.75. The van der Waals surface area contributed by atoms with E-state index < -0.39 is 24.3 Å². The fourth-order valence-corrected chi connectivity index (χ4v) is 4.62. The fourth-order valence-electron chi connectivity index (χ4n) is 3.96. The van der Waals surface area contributed by atoms with Crippen LogP contribution in [0, 0.1) is 5.41 Å². The summed E-state index contributed by atoms with van der Waals surface area (Å²) < 4.78 is 71.3. The van der Waals surface area contributed by atoms with E-state index in [1.54, 1.807) is 11.3 Å². The highest BCUT2D eigenvalue weighted by atomic mass is 32.1. The van der Waals surface area contributed by atoms with E-state index in [1.807, 2.05) is 24.1 Å². The molecule has 38 heavy (non-hydrogen) atoms. The van der Waals surface area contributed by atoms with Crippen LogP contribution in [0.3, 0.4) is 0 Å². The molecule has 0 amide bonds. The molecule has 2 saturated heterocycles. The van der Waals surface area contributed by atoms with Gasteiger partial charge in [0.15, 0.2) is 0 Å². The van der Waals surface area contributed by atoms with E-state index in [1.165, 1.54) is 17.0 Å². The number of likely N-dealkylation sites (tertiary alicyclic amines) is 1. The number of rotatable bonds is 4. The van der Waals surface area contributed by atoms with E-state index in [0.717, 1.165) is 52.5 Å². The van der Waals surface area contributed by atoms with Crippen LogP contribution in [0.5, 0.6) is 0 Å². The van der Waals surface area contributed by atoms with Gasteiger partial charge in [-0.2, -0.15) is 31.4 Å². The smallest absolute Gasteiger partial charge is 0.475 e. The maximum absolute atomic E-state index is 10.6. The molecule has 2 N–H and O–H groups in total. The number of aryl methyl sites for hydroxylation is 1. The molecule has 1 unspecified atom stereocenters. The number of alkyl halides is 6. The van der Waals surface area contributed by atoms with Crippen LogP contribution in [0.15, 0.2) is 24.0 Å². The van der Waals surface area contributed by atoms with Crippen LogP contribution < -0.4 is 0 Å². The van der Waals surface area contributed by atoms with Gasteiger partial charge in [0.05, 0.1) is 26.0 Å². The number of hydrogen-bond acceptors (Lipinski definition) is 8. The first-order valence-corrected chi connectivity index (χ1v) is 12.0. The molecule has 1 spiro atoms.